The molecule has 0 saturated carbocycles. The van der Waals surface area contributed by atoms with Crippen molar-refractivity contribution in [2.24, 2.45) is 0 Å². The van der Waals surface area contributed by atoms with E-state index in [0.717, 1.165) is 11.4 Å². The first-order valence-corrected chi connectivity index (χ1v) is 10.1. The van der Waals surface area contributed by atoms with Gasteiger partial charge in [-0.15, -0.1) is 0 Å². The molecule has 0 aromatic heterocycles. The summed E-state index contributed by atoms with van der Waals surface area (Å²) in [6.45, 7) is 0. The van der Waals surface area contributed by atoms with E-state index in [0.29, 0.717) is 0 Å². The Kier molecular flexibility index (Phi) is 8.47. The SMILES string of the molecule is O=C(O)c1ccccc1ONc1ccccc1.O=C(O)c1ccccc1ONc1ccccc1. The van der Waals surface area contributed by atoms with Crippen molar-refractivity contribution in [1.29, 1.82) is 0 Å². The Bertz CT molecular complexity index is 1120. The van der Waals surface area contributed by atoms with E-state index in [-0.39, 0.29) is 22.6 Å². The highest BCUT2D eigenvalue weighted by Gasteiger charge is 2.11. The van der Waals surface area contributed by atoms with Crippen LogP contribution in [0.2, 0.25) is 0 Å². The maximum Gasteiger partial charge on any atom is 0.339 e. The predicted molar refractivity (Wildman–Crippen MR) is 128 cm³/mol. The number of rotatable bonds is 8. The molecule has 0 atom stereocenters. The van der Waals surface area contributed by atoms with Crippen molar-refractivity contribution in [2.75, 3.05) is 11.0 Å². The fourth-order valence-corrected chi connectivity index (χ4v) is 2.70. The summed E-state index contributed by atoms with van der Waals surface area (Å²) < 4.78 is 0. The molecule has 4 N–H and O–H groups in total. The minimum Gasteiger partial charge on any atom is -0.478 e. The van der Waals surface area contributed by atoms with Crippen LogP contribution in [0.5, 0.6) is 11.5 Å². The second kappa shape index (κ2) is 12.2. The molecular formula is C26H22N2O6. The summed E-state index contributed by atoms with van der Waals surface area (Å²) in [5.41, 5.74) is 7.14. The molecule has 34 heavy (non-hydrogen) atoms. The number of carboxylic acids is 2. The summed E-state index contributed by atoms with van der Waals surface area (Å²) in [5, 5.41) is 17.9. The van der Waals surface area contributed by atoms with E-state index in [1.807, 2.05) is 60.7 Å². The number of aromatic carboxylic acids is 2. The molecule has 0 radical (unpaired) electrons. The standard InChI is InChI=1S/2C13H11NO3/c2*15-13(16)11-8-4-5-9-12(11)17-14-10-6-2-1-3-7-10/h2*1-9,14H,(H,15,16). The first-order valence-electron chi connectivity index (χ1n) is 10.1. The number of hydrogen-bond acceptors (Lipinski definition) is 6. The van der Waals surface area contributed by atoms with Crippen molar-refractivity contribution in [3.63, 3.8) is 0 Å². The lowest BCUT2D eigenvalue weighted by Gasteiger charge is -2.09. The van der Waals surface area contributed by atoms with Gasteiger partial charge in [0.05, 0.1) is 11.4 Å². The molecule has 0 aliphatic heterocycles. The minimum absolute atomic E-state index is 0.121. The van der Waals surface area contributed by atoms with Crippen LogP contribution in [0, 0.1) is 0 Å². The van der Waals surface area contributed by atoms with Gasteiger partial charge in [-0.25, -0.2) is 20.5 Å². The van der Waals surface area contributed by atoms with E-state index < -0.39 is 11.9 Å². The first kappa shape index (κ1) is 23.7. The van der Waals surface area contributed by atoms with Gasteiger partial charge in [-0.2, -0.15) is 0 Å². The molecule has 0 fully saturated rings. The minimum atomic E-state index is -1.02. The van der Waals surface area contributed by atoms with Crippen LogP contribution in [0.25, 0.3) is 0 Å². The monoisotopic (exact) mass is 458 g/mol. The number of anilines is 2. The fourth-order valence-electron chi connectivity index (χ4n) is 2.70. The van der Waals surface area contributed by atoms with Crippen LogP contribution < -0.4 is 20.6 Å². The smallest absolute Gasteiger partial charge is 0.339 e. The van der Waals surface area contributed by atoms with Crippen LogP contribution in [0.15, 0.2) is 109 Å². The Balaban J connectivity index is 0.000000191. The van der Waals surface area contributed by atoms with Crippen LogP contribution in [0.4, 0.5) is 11.4 Å². The van der Waals surface area contributed by atoms with Gasteiger partial charge in [-0.3, -0.25) is 0 Å². The molecule has 0 aliphatic carbocycles. The van der Waals surface area contributed by atoms with Crippen molar-refractivity contribution < 1.29 is 29.5 Å². The highest BCUT2D eigenvalue weighted by Crippen LogP contribution is 2.19. The Hall–Kier alpha value is -4.98. The second-order valence-electron chi connectivity index (χ2n) is 6.74. The topological polar surface area (TPSA) is 117 Å². The zero-order chi connectivity index (χ0) is 24.2. The Morgan fingerprint density at radius 3 is 1.18 bits per heavy atom. The van der Waals surface area contributed by atoms with E-state index in [1.165, 1.54) is 12.1 Å². The molecular weight excluding hydrogens is 436 g/mol. The van der Waals surface area contributed by atoms with E-state index >= 15 is 0 Å². The summed E-state index contributed by atoms with van der Waals surface area (Å²) in [5.74, 6) is -1.47. The summed E-state index contributed by atoms with van der Waals surface area (Å²) in [4.78, 5) is 32.4. The van der Waals surface area contributed by atoms with Gasteiger partial charge in [0, 0.05) is 0 Å². The molecule has 0 bridgehead atoms. The first-order chi connectivity index (χ1) is 16.5. The molecule has 8 nitrogen and oxygen atoms in total. The molecule has 172 valence electrons. The third-order valence-corrected chi connectivity index (χ3v) is 4.34. The third kappa shape index (κ3) is 7.03. The Morgan fingerprint density at radius 1 is 0.500 bits per heavy atom. The van der Waals surface area contributed by atoms with Crippen molar-refractivity contribution in [2.45, 2.75) is 0 Å². The number of nitrogens with one attached hydrogen (secondary N) is 2. The molecule has 0 unspecified atom stereocenters. The number of carboxylic acid groups (broad SMARTS) is 2. The largest absolute Gasteiger partial charge is 0.478 e. The van der Waals surface area contributed by atoms with Gasteiger partial charge in [-0.05, 0) is 48.5 Å². The van der Waals surface area contributed by atoms with Gasteiger partial charge in [0.15, 0.2) is 11.5 Å². The van der Waals surface area contributed by atoms with Crippen molar-refractivity contribution in [3.05, 3.63) is 120 Å². The summed E-state index contributed by atoms with van der Waals surface area (Å²) in [6, 6.07) is 31.4. The van der Waals surface area contributed by atoms with E-state index in [9.17, 15) is 9.59 Å². The Morgan fingerprint density at radius 2 is 0.824 bits per heavy atom. The third-order valence-electron chi connectivity index (χ3n) is 4.34. The zero-order valence-corrected chi connectivity index (χ0v) is 17.9. The molecule has 0 saturated heterocycles. The lowest BCUT2D eigenvalue weighted by molar-refractivity contribution is 0.0682. The van der Waals surface area contributed by atoms with Gasteiger partial charge in [-0.1, -0.05) is 60.7 Å². The predicted octanol–water partition coefficient (Wildman–Crippen LogP) is 5.58. The van der Waals surface area contributed by atoms with Crippen LogP contribution in [0.1, 0.15) is 20.7 Å². The lowest BCUT2D eigenvalue weighted by Crippen LogP contribution is -2.08. The zero-order valence-electron chi connectivity index (χ0n) is 17.9. The van der Waals surface area contributed by atoms with Crippen molar-refractivity contribution >= 4 is 23.3 Å². The van der Waals surface area contributed by atoms with Gasteiger partial charge < -0.3 is 19.9 Å². The van der Waals surface area contributed by atoms with Crippen molar-refractivity contribution in [3.8, 4) is 11.5 Å². The van der Waals surface area contributed by atoms with Gasteiger partial charge >= 0.3 is 11.9 Å². The quantitative estimate of drug-likeness (QED) is 0.253. The molecule has 4 rings (SSSR count). The highest BCUT2D eigenvalue weighted by molar-refractivity contribution is 5.91. The highest BCUT2D eigenvalue weighted by atomic mass is 16.6. The summed E-state index contributed by atoms with van der Waals surface area (Å²) in [7, 11) is 0. The normalized spacial score (nSPS) is 9.65. The average Bonchev–Trinajstić information content (AvgIpc) is 2.88. The van der Waals surface area contributed by atoms with E-state index in [4.69, 9.17) is 19.9 Å². The molecule has 0 amide bonds. The fraction of sp³-hybridized carbons (Fsp3) is 0. The number of hydrogen-bond donors (Lipinski definition) is 4. The van der Waals surface area contributed by atoms with Gasteiger partial charge in [0.25, 0.3) is 0 Å². The van der Waals surface area contributed by atoms with Crippen LogP contribution in [0.3, 0.4) is 0 Å². The second-order valence-corrected chi connectivity index (χ2v) is 6.74. The molecule has 4 aromatic carbocycles. The van der Waals surface area contributed by atoms with Crippen molar-refractivity contribution in [1.82, 2.24) is 0 Å². The number of carbonyl (C=O) groups is 2. The molecule has 8 heteroatoms. The molecule has 0 heterocycles. The van der Waals surface area contributed by atoms with Crippen LogP contribution in [-0.2, 0) is 0 Å². The molecule has 4 aromatic rings. The van der Waals surface area contributed by atoms with Gasteiger partial charge in [0.2, 0.25) is 0 Å². The summed E-state index contributed by atoms with van der Waals surface area (Å²) in [6.07, 6.45) is 0. The maximum absolute atomic E-state index is 10.9. The van der Waals surface area contributed by atoms with Gasteiger partial charge in [0.1, 0.15) is 11.1 Å². The molecule has 0 spiro atoms. The number of para-hydroxylation sites is 4. The number of benzene rings is 4. The summed E-state index contributed by atoms with van der Waals surface area (Å²) >= 11 is 0. The average molecular weight is 458 g/mol. The molecule has 0 aliphatic rings. The van der Waals surface area contributed by atoms with E-state index in [1.54, 1.807) is 36.4 Å². The van der Waals surface area contributed by atoms with E-state index in [2.05, 4.69) is 11.0 Å². The lowest BCUT2D eigenvalue weighted by atomic mass is 10.2. The van der Waals surface area contributed by atoms with Crippen LogP contribution in [-0.4, -0.2) is 22.2 Å². The Labute approximate surface area is 195 Å². The maximum atomic E-state index is 10.9. The van der Waals surface area contributed by atoms with Crippen LogP contribution >= 0.6 is 0 Å².